The second-order valence-corrected chi connectivity index (χ2v) is 9.20. The van der Waals surface area contributed by atoms with E-state index in [0.717, 1.165) is 19.3 Å². The van der Waals surface area contributed by atoms with Crippen LogP contribution in [0.1, 0.15) is 31.7 Å². The highest BCUT2D eigenvalue weighted by molar-refractivity contribution is 8.26. The van der Waals surface area contributed by atoms with Crippen LogP contribution in [-0.2, 0) is 14.4 Å². The van der Waals surface area contributed by atoms with Crippen LogP contribution in [0.4, 0.5) is 11.4 Å². The van der Waals surface area contributed by atoms with Gasteiger partial charge < -0.3 is 5.32 Å². The first-order valence-electron chi connectivity index (χ1n) is 10.6. The summed E-state index contributed by atoms with van der Waals surface area (Å²) in [5.74, 6) is -0.902. The number of carbonyl (C=O) groups excluding carboxylic acids is 3. The molecule has 2 heterocycles. The number of benzene rings is 2. The maximum absolute atomic E-state index is 13.4. The lowest BCUT2D eigenvalue weighted by Crippen LogP contribution is -2.35. The number of fused-ring (bicyclic) bond motifs is 1. The summed E-state index contributed by atoms with van der Waals surface area (Å²) in [5.41, 5.74) is 2.25. The van der Waals surface area contributed by atoms with Crippen LogP contribution in [0.25, 0.3) is 5.57 Å². The van der Waals surface area contributed by atoms with Crippen LogP contribution in [0.5, 0.6) is 0 Å². The zero-order valence-electron chi connectivity index (χ0n) is 17.7. The van der Waals surface area contributed by atoms with E-state index in [4.69, 9.17) is 12.2 Å². The fourth-order valence-electron chi connectivity index (χ4n) is 3.78. The van der Waals surface area contributed by atoms with Crippen LogP contribution in [0, 0.1) is 0 Å². The molecule has 2 aliphatic heterocycles. The van der Waals surface area contributed by atoms with Crippen LogP contribution < -0.4 is 10.2 Å². The van der Waals surface area contributed by atoms with Gasteiger partial charge in [-0.1, -0.05) is 80.1 Å². The van der Waals surface area contributed by atoms with Gasteiger partial charge in [-0.3, -0.25) is 24.2 Å². The first-order valence-corrected chi connectivity index (χ1v) is 11.8. The Labute approximate surface area is 196 Å². The predicted octanol–water partition coefficient (Wildman–Crippen LogP) is 4.43. The highest BCUT2D eigenvalue weighted by atomic mass is 32.2. The molecule has 32 heavy (non-hydrogen) atoms. The fourth-order valence-corrected chi connectivity index (χ4v) is 5.16. The summed E-state index contributed by atoms with van der Waals surface area (Å²) in [7, 11) is 0. The number of carbonyl (C=O) groups is 3. The molecular formula is C24H23N3O3S2. The van der Waals surface area contributed by atoms with E-state index in [1.54, 1.807) is 29.2 Å². The first kappa shape index (κ1) is 22.2. The summed E-state index contributed by atoms with van der Waals surface area (Å²) in [5, 5.41) is 2.81. The van der Waals surface area contributed by atoms with Crippen LogP contribution >= 0.6 is 24.0 Å². The van der Waals surface area contributed by atoms with E-state index >= 15 is 0 Å². The Balaban J connectivity index is 1.61. The number of nitrogens with zero attached hydrogens (tertiary/aromatic N) is 2. The van der Waals surface area contributed by atoms with Crippen molar-refractivity contribution in [1.29, 1.82) is 0 Å². The number of anilines is 2. The maximum Gasteiger partial charge on any atom is 0.267 e. The summed E-state index contributed by atoms with van der Waals surface area (Å²) in [6, 6.07) is 16.3. The standard InChI is InChI=1S/C24H23N3O3S2/c1-2-3-9-14-26-23(30)21(32-24(26)31)20-17-12-7-8-13-18(17)27(22(20)29)15-19(28)25-16-10-5-4-6-11-16/h4-8,10-13H,2-3,9,14-15H2,1H3,(H,25,28). The lowest BCUT2D eigenvalue weighted by molar-refractivity contribution is -0.122. The van der Waals surface area contributed by atoms with Gasteiger partial charge in [0, 0.05) is 17.8 Å². The molecule has 0 saturated carbocycles. The quantitative estimate of drug-likeness (QED) is 0.372. The second kappa shape index (κ2) is 9.67. The molecule has 0 aromatic heterocycles. The second-order valence-electron chi connectivity index (χ2n) is 7.56. The Bertz CT molecular complexity index is 1110. The summed E-state index contributed by atoms with van der Waals surface area (Å²) in [6.07, 6.45) is 2.92. The van der Waals surface area contributed by atoms with E-state index in [-0.39, 0.29) is 24.3 Å². The van der Waals surface area contributed by atoms with Crippen LogP contribution in [0.3, 0.4) is 0 Å². The van der Waals surface area contributed by atoms with E-state index in [2.05, 4.69) is 12.2 Å². The average molecular weight is 466 g/mol. The monoisotopic (exact) mass is 465 g/mol. The number of rotatable bonds is 7. The third-order valence-electron chi connectivity index (χ3n) is 5.34. The Morgan fingerprint density at radius 1 is 0.969 bits per heavy atom. The molecule has 1 saturated heterocycles. The molecule has 8 heteroatoms. The smallest absolute Gasteiger partial charge is 0.267 e. The maximum atomic E-state index is 13.4. The molecule has 4 rings (SSSR count). The lowest BCUT2D eigenvalue weighted by atomic mass is 10.1. The molecule has 2 aliphatic rings. The third-order valence-corrected chi connectivity index (χ3v) is 6.79. The van der Waals surface area contributed by atoms with Crippen LogP contribution in [0.2, 0.25) is 0 Å². The number of para-hydroxylation sites is 2. The summed E-state index contributed by atoms with van der Waals surface area (Å²) < 4.78 is 0.471. The van der Waals surface area contributed by atoms with Crippen LogP contribution in [0.15, 0.2) is 59.5 Å². The van der Waals surface area contributed by atoms with E-state index < -0.39 is 0 Å². The van der Waals surface area contributed by atoms with Crippen LogP contribution in [-0.4, -0.2) is 40.0 Å². The molecule has 1 fully saturated rings. The lowest BCUT2D eigenvalue weighted by Gasteiger charge is -2.16. The van der Waals surface area contributed by atoms with Crippen molar-refractivity contribution in [3.05, 3.63) is 65.1 Å². The zero-order chi connectivity index (χ0) is 22.7. The van der Waals surface area contributed by atoms with Gasteiger partial charge >= 0.3 is 0 Å². The SMILES string of the molecule is CCCCCN1C(=O)C(=C2C(=O)N(CC(=O)Nc3ccccc3)c3ccccc32)SC1=S. The van der Waals surface area contributed by atoms with Gasteiger partial charge in [-0.15, -0.1) is 0 Å². The Hall–Kier alpha value is -2.97. The number of nitrogens with one attached hydrogen (secondary N) is 1. The zero-order valence-corrected chi connectivity index (χ0v) is 19.3. The van der Waals surface area contributed by atoms with Crippen molar-refractivity contribution >= 4 is 63.0 Å². The molecular weight excluding hydrogens is 442 g/mol. The topological polar surface area (TPSA) is 69.7 Å². The number of hydrogen-bond donors (Lipinski definition) is 1. The molecule has 0 atom stereocenters. The molecule has 0 radical (unpaired) electrons. The average Bonchev–Trinajstić information content (AvgIpc) is 3.22. The van der Waals surface area contributed by atoms with Gasteiger partial charge in [0.15, 0.2) is 0 Å². The number of thioether (sulfide) groups is 1. The Morgan fingerprint density at radius 3 is 2.44 bits per heavy atom. The van der Waals surface area contributed by atoms with E-state index in [0.29, 0.717) is 38.3 Å². The Kier molecular flexibility index (Phi) is 6.72. The molecule has 0 aliphatic carbocycles. The minimum atomic E-state index is -0.358. The minimum Gasteiger partial charge on any atom is -0.325 e. The van der Waals surface area contributed by atoms with E-state index in [9.17, 15) is 14.4 Å². The molecule has 0 spiro atoms. The molecule has 0 bridgehead atoms. The number of unbranched alkanes of at least 4 members (excludes halogenated alkanes) is 2. The Morgan fingerprint density at radius 2 is 1.69 bits per heavy atom. The number of thiocarbonyl (C=S) groups is 1. The van der Waals surface area contributed by atoms with Crippen molar-refractivity contribution in [2.75, 3.05) is 23.3 Å². The largest absolute Gasteiger partial charge is 0.325 e. The normalized spacial score (nSPS) is 17.8. The van der Waals surface area contributed by atoms with Crippen molar-refractivity contribution in [3.8, 4) is 0 Å². The van der Waals surface area contributed by atoms with Crippen molar-refractivity contribution in [1.82, 2.24) is 4.90 Å². The molecule has 164 valence electrons. The van der Waals surface area contributed by atoms with Crippen molar-refractivity contribution in [2.45, 2.75) is 26.2 Å². The summed E-state index contributed by atoms with van der Waals surface area (Å²) in [4.78, 5) is 42.5. The molecule has 2 aromatic rings. The van der Waals surface area contributed by atoms with Gasteiger partial charge in [-0.2, -0.15) is 0 Å². The molecule has 0 unspecified atom stereocenters. The fraction of sp³-hybridized carbons (Fsp3) is 0.250. The van der Waals surface area contributed by atoms with E-state index in [1.807, 2.05) is 30.3 Å². The summed E-state index contributed by atoms with van der Waals surface area (Å²) >= 11 is 6.60. The van der Waals surface area contributed by atoms with Gasteiger partial charge in [0.1, 0.15) is 10.9 Å². The van der Waals surface area contributed by atoms with Gasteiger partial charge in [0.2, 0.25) is 5.91 Å². The predicted molar refractivity (Wildman–Crippen MR) is 132 cm³/mol. The molecule has 2 aromatic carbocycles. The van der Waals surface area contributed by atoms with Gasteiger partial charge in [0.25, 0.3) is 11.8 Å². The van der Waals surface area contributed by atoms with Crippen molar-refractivity contribution in [2.24, 2.45) is 0 Å². The minimum absolute atomic E-state index is 0.148. The molecule has 1 N–H and O–H groups in total. The van der Waals surface area contributed by atoms with Crippen molar-refractivity contribution in [3.63, 3.8) is 0 Å². The highest BCUT2D eigenvalue weighted by Gasteiger charge is 2.42. The van der Waals surface area contributed by atoms with Crippen molar-refractivity contribution < 1.29 is 14.4 Å². The molecule has 6 nitrogen and oxygen atoms in total. The van der Waals surface area contributed by atoms with Gasteiger partial charge in [-0.05, 0) is 24.6 Å². The number of amides is 3. The van der Waals surface area contributed by atoms with Gasteiger partial charge in [-0.25, -0.2) is 0 Å². The highest BCUT2D eigenvalue weighted by Crippen LogP contribution is 2.44. The van der Waals surface area contributed by atoms with E-state index in [1.165, 1.54) is 16.7 Å². The first-order chi connectivity index (χ1) is 15.5. The third kappa shape index (κ3) is 4.33. The summed E-state index contributed by atoms with van der Waals surface area (Å²) in [6.45, 7) is 2.50. The van der Waals surface area contributed by atoms with Gasteiger partial charge in [0.05, 0.1) is 16.2 Å². The number of hydrogen-bond acceptors (Lipinski definition) is 5. The molecule has 3 amide bonds.